The van der Waals surface area contributed by atoms with Crippen molar-refractivity contribution < 1.29 is 0 Å². The third-order valence-corrected chi connectivity index (χ3v) is 6.49. The molecular weight excluding hydrogens is 260 g/mol. The molecule has 4 heteroatoms. The Morgan fingerprint density at radius 2 is 2.00 bits per heavy atom. The van der Waals surface area contributed by atoms with Gasteiger partial charge in [0.05, 0.1) is 5.69 Å². The van der Waals surface area contributed by atoms with Crippen molar-refractivity contribution in [2.24, 2.45) is 0 Å². The molecule has 2 nitrogen and oxygen atoms in total. The molecule has 0 saturated heterocycles. The smallest absolute Gasteiger partial charge is 0.107 e. The van der Waals surface area contributed by atoms with Crippen molar-refractivity contribution in [2.75, 3.05) is 12.8 Å². The monoisotopic (exact) mass is 284 g/mol. The van der Waals surface area contributed by atoms with Crippen molar-refractivity contribution in [3.8, 4) is 0 Å². The largest absolute Gasteiger partial charge is 0.309 e. The minimum atomic E-state index is 0.486. The molecule has 0 spiro atoms. The van der Waals surface area contributed by atoms with E-state index in [9.17, 15) is 0 Å². The molecule has 1 aromatic heterocycles. The second kappa shape index (κ2) is 6.40. The zero-order valence-electron chi connectivity index (χ0n) is 11.7. The molecule has 0 amide bonds. The van der Waals surface area contributed by atoms with Gasteiger partial charge in [0.2, 0.25) is 0 Å². The summed E-state index contributed by atoms with van der Waals surface area (Å²) in [5.74, 6) is 0. The van der Waals surface area contributed by atoms with Crippen LogP contribution in [0.4, 0.5) is 0 Å². The Hall–Kier alpha value is -0.0600. The predicted molar refractivity (Wildman–Crippen MR) is 82.6 cm³/mol. The van der Waals surface area contributed by atoms with Crippen molar-refractivity contribution in [3.63, 3.8) is 0 Å². The van der Waals surface area contributed by atoms with Gasteiger partial charge < -0.3 is 5.32 Å². The van der Waals surface area contributed by atoms with E-state index < -0.39 is 0 Å². The van der Waals surface area contributed by atoms with E-state index in [1.54, 1.807) is 0 Å². The summed E-state index contributed by atoms with van der Waals surface area (Å²) in [5, 5.41) is 4.86. The van der Waals surface area contributed by atoms with Crippen LogP contribution in [-0.2, 0) is 6.54 Å². The van der Waals surface area contributed by atoms with Crippen LogP contribution in [-0.4, -0.2) is 22.5 Å². The Morgan fingerprint density at radius 3 is 2.56 bits per heavy atom. The highest BCUT2D eigenvalue weighted by molar-refractivity contribution is 8.00. The Balaban J connectivity index is 1.83. The summed E-state index contributed by atoms with van der Waals surface area (Å²) in [6.45, 7) is 6.31. The average molecular weight is 284 g/mol. The van der Waals surface area contributed by atoms with Gasteiger partial charge in [-0.05, 0) is 32.9 Å². The molecule has 1 heterocycles. The van der Waals surface area contributed by atoms with Crippen LogP contribution in [0.15, 0.2) is 0 Å². The van der Waals surface area contributed by atoms with Gasteiger partial charge in [-0.25, -0.2) is 4.98 Å². The van der Waals surface area contributed by atoms with Gasteiger partial charge in [-0.2, -0.15) is 11.8 Å². The zero-order valence-corrected chi connectivity index (χ0v) is 13.3. The number of nitrogens with zero attached hydrogens (tertiary/aromatic N) is 1. The second-order valence-electron chi connectivity index (χ2n) is 5.30. The molecule has 1 aliphatic carbocycles. The van der Waals surface area contributed by atoms with Gasteiger partial charge in [0, 0.05) is 22.7 Å². The molecule has 0 atom stereocenters. The summed E-state index contributed by atoms with van der Waals surface area (Å²) in [4.78, 5) is 5.94. The molecule has 1 saturated carbocycles. The topological polar surface area (TPSA) is 24.9 Å². The molecule has 1 aromatic rings. The van der Waals surface area contributed by atoms with Crippen molar-refractivity contribution in [3.05, 3.63) is 15.6 Å². The van der Waals surface area contributed by atoms with Crippen LogP contribution in [0.2, 0.25) is 0 Å². The number of aromatic nitrogens is 1. The predicted octanol–water partition coefficient (Wildman–Crippen LogP) is 3.92. The van der Waals surface area contributed by atoms with Gasteiger partial charge in [0.15, 0.2) is 0 Å². The second-order valence-corrected chi connectivity index (χ2v) is 7.86. The van der Waals surface area contributed by atoms with E-state index in [2.05, 4.69) is 42.2 Å². The molecule has 1 aliphatic rings. The minimum Gasteiger partial charge on any atom is -0.309 e. The first-order valence-corrected chi connectivity index (χ1v) is 8.88. The fourth-order valence-electron chi connectivity index (χ4n) is 2.66. The highest BCUT2D eigenvalue weighted by Crippen LogP contribution is 2.38. The van der Waals surface area contributed by atoms with Crippen LogP contribution < -0.4 is 5.32 Å². The lowest BCUT2D eigenvalue weighted by Gasteiger charge is -2.36. The van der Waals surface area contributed by atoms with Gasteiger partial charge in [-0.1, -0.05) is 19.3 Å². The highest BCUT2D eigenvalue weighted by atomic mass is 32.2. The molecule has 0 bridgehead atoms. The number of nitrogens with one attached hydrogen (secondary N) is 1. The normalized spacial score (nSPS) is 19.1. The first kappa shape index (κ1) is 14.4. The first-order valence-electron chi connectivity index (χ1n) is 6.84. The van der Waals surface area contributed by atoms with Gasteiger partial charge >= 0.3 is 0 Å². The summed E-state index contributed by atoms with van der Waals surface area (Å²) in [7, 11) is 0. The molecule has 18 heavy (non-hydrogen) atoms. The molecule has 0 radical (unpaired) electrons. The number of hydrogen-bond acceptors (Lipinski definition) is 4. The highest BCUT2D eigenvalue weighted by Gasteiger charge is 2.30. The Bertz CT molecular complexity index is 362. The average Bonchev–Trinajstić information content (AvgIpc) is 2.70. The fraction of sp³-hybridized carbons (Fsp3) is 0.786. The summed E-state index contributed by atoms with van der Waals surface area (Å²) in [6, 6.07) is 0. The van der Waals surface area contributed by atoms with E-state index in [4.69, 9.17) is 0 Å². The SMILES string of the molecule is CSC1(CNCc2nc(C)c(C)s2)CCCCC1. The third-order valence-electron chi connectivity index (χ3n) is 3.99. The van der Waals surface area contributed by atoms with E-state index in [-0.39, 0.29) is 0 Å². The van der Waals surface area contributed by atoms with Crippen LogP contribution in [0.3, 0.4) is 0 Å². The fourth-order valence-corrected chi connectivity index (χ4v) is 4.51. The van der Waals surface area contributed by atoms with E-state index in [0.29, 0.717) is 4.75 Å². The number of thiazole rings is 1. The van der Waals surface area contributed by atoms with Crippen molar-refractivity contribution in [2.45, 2.75) is 57.2 Å². The number of hydrogen-bond donors (Lipinski definition) is 1. The van der Waals surface area contributed by atoms with Crippen LogP contribution >= 0.6 is 23.1 Å². The van der Waals surface area contributed by atoms with Crippen molar-refractivity contribution in [1.29, 1.82) is 0 Å². The molecule has 0 unspecified atom stereocenters. The Morgan fingerprint density at radius 1 is 1.28 bits per heavy atom. The Labute approximate surface area is 119 Å². The minimum absolute atomic E-state index is 0.486. The molecule has 2 rings (SSSR count). The van der Waals surface area contributed by atoms with Gasteiger partial charge in [-0.15, -0.1) is 11.3 Å². The van der Waals surface area contributed by atoms with E-state index >= 15 is 0 Å². The maximum absolute atomic E-state index is 4.59. The van der Waals surface area contributed by atoms with Gasteiger partial charge in [0.25, 0.3) is 0 Å². The summed E-state index contributed by atoms with van der Waals surface area (Å²) in [5.41, 5.74) is 1.19. The first-order chi connectivity index (χ1) is 8.65. The van der Waals surface area contributed by atoms with Crippen molar-refractivity contribution >= 4 is 23.1 Å². The van der Waals surface area contributed by atoms with Gasteiger partial charge in [-0.3, -0.25) is 0 Å². The lowest BCUT2D eigenvalue weighted by molar-refractivity contribution is 0.379. The summed E-state index contributed by atoms with van der Waals surface area (Å²) >= 11 is 3.88. The molecule has 1 N–H and O–H groups in total. The molecular formula is C14H24N2S2. The maximum atomic E-state index is 4.59. The number of rotatable bonds is 5. The van der Waals surface area contributed by atoms with E-state index in [0.717, 1.165) is 13.1 Å². The number of aryl methyl sites for hydroxylation is 2. The Kier molecular flexibility index (Phi) is 5.10. The van der Waals surface area contributed by atoms with Crippen LogP contribution in [0.1, 0.15) is 47.7 Å². The lowest BCUT2D eigenvalue weighted by Crippen LogP contribution is -2.39. The van der Waals surface area contributed by atoms with Crippen LogP contribution in [0.5, 0.6) is 0 Å². The summed E-state index contributed by atoms with van der Waals surface area (Å²) < 4.78 is 0.486. The molecule has 102 valence electrons. The van der Waals surface area contributed by atoms with Crippen LogP contribution in [0.25, 0.3) is 0 Å². The quantitative estimate of drug-likeness (QED) is 0.887. The molecule has 0 aliphatic heterocycles. The van der Waals surface area contributed by atoms with Crippen LogP contribution in [0, 0.1) is 13.8 Å². The van der Waals surface area contributed by atoms with Gasteiger partial charge in [0.1, 0.15) is 5.01 Å². The third kappa shape index (κ3) is 3.49. The van der Waals surface area contributed by atoms with Crippen molar-refractivity contribution in [1.82, 2.24) is 10.3 Å². The summed E-state index contributed by atoms with van der Waals surface area (Å²) in [6.07, 6.45) is 9.24. The molecule has 0 aromatic carbocycles. The van der Waals surface area contributed by atoms with E-state index in [1.165, 1.54) is 47.7 Å². The molecule has 1 fully saturated rings. The van der Waals surface area contributed by atoms with E-state index in [1.807, 2.05) is 11.3 Å². The lowest BCUT2D eigenvalue weighted by atomic mass is 9.88. The number of thioether (sulfide) groups is 1. The standard InChI is InChI=1S/C14H24N2S2/c1-11-12(2)18-13(16-11)9-15-10-14(17-3)7-5-4-6-8-14/h15H,4-10H2,1-3H3. The maximum Gasteiger partial charge on any atom is 0.107 e. The zero-order chi connectivity index (χ0) is 13.0.